The molecule has 0 heterocycles. The molecule has 0 rings (SSSR count). The summed E-state index contributed by atoms with van der Waals surface area (Å²) in [5.41, 5.74) is 0. The third-order valence-corrected chi connectivity index (χ3v) is 3.02. The second-order valence-corrected chi connectivity index (χ2v) is 5.00. The van der Waals surface area contributed by atoms with E-state index >= 15 is 0 Å². The third-order valence-electron chi connectivity index (χ3n) is 3.02. The van der Waals surface area contributed by atoms with Gasteiger partial charge in [0.15, 0.2) is 0 Å². The molecule has 20 heavy (non-hydrogen) atoms. The van der Waals surface area contributed by atoms with Crippen molar-refractivity contribution < 1.29 is 14.7 Å². The van der Waals surface area contributed by atoms with E-state index in [1.807, 2.05) is 12.2 Å². The summed E-state index contributed by atoms with van der Waals surface area (Å²) < 4.78 is 0. The number of carboxylic acid groups (broad SMARTS) is 1. The second-order valence-electron chi connectivity index (χ2n) is 5.00. The smallest absolute Gasteiger partial charge is 0.303 e. The molecule has 0 aliphatic carbocycles. The Morgan fingerprint density at radius 3 is 2.20 bits per heavy atom. The van der Waals surface area contributed by atoms with Crippen LogP contribution >= 0.6 is 0 Å². The zero-order valence-electron chi connectivity index (χ0n) is 12.6. The number of carbonyl (C=O) groups is 2. The Hall–Kier alpha value is -1.38. The van der Waals surface area contributed by atoms with Crippen LogP contribution in [-0.4, -0.2) is 16.9 Å². The Kier molecular flexibility index (Phi) is 13.1. The van der Waals surface area contributed by atoms with E-state index in [0.717, 1.165) is 44.9 Å². The largest absolute Gasteiger partial charge is 0.481 e. The van der Waals surface area contributed by atoms with Crippen molar-refractivity contribution in [3.8, 4) is 0 Å². The quantitative estimate of drug-likeness (QED) is 0.394. The fraction of sp³-hybridized carbons (Fsp3) is 0.647. The molecule has 0 atom stereocenters. The van der Waals surface area contributed by atoms with Crippen LogP contribution in [0.4, 0.5) is 0 Å². The summed E-state index contributed by atoms with van der Waals surface area (Å²) in [7, 11) is 0. The molecule has 0 unspecified atom stereocenters. The van der Waals surface area contributed by atoms with Crippen LogP contribution in [0.15, 0.2) is 24.3 Å². The Morgan fingerprint density at radius 1 is 0.850 bits per heavy atom. The van der Waals surface area contributed by atoms with Gasteiger partial charge in [0, 0.05) is 19.3 Å². The van der Waals surface area contributed by atoms with E-state index in [9.17, 15) is 9.59 Å². The summed E-state index contributed by atoms with van der Waals surface area (Å²) in [6.45, 7) is 2.14. The van der Waals surface area contributed by atoms with Crippen LogP contribution in [-0.2, 0) is 9.59 Å². The molecule has 0 aromatic rings. The summed E-state index contributed by atoms with van der Waals surface area (Å²) in [4.78, 5) is 21.8. The first-order valence-electron chi connectivity index (χ1n) is 7.70. The monoisotopic (exact) mass is 280 g/mol. The first-order valence-corrected chi connectivity index (χ1v) is 7.70. The molecule has 0 aliphatic heterocycles. The normalized spacial score (nSPS) is 11.4. The molecule has 0 aromatic carbocycles. The maximum atomic E-state index is 11.5. The molecular formula is C17H28O3. The standard InChI is InChI=1S/C17H28O3/c1-2-3-10-13-16(18)14-11-8-6-4-5-7-9-12-15-17(19)20/h5-8H,2-4,9-15H2,1H3,(H,19,20)/b7-5-,8-6+. The Bertz CT molecular complexity index is 316. The predicted molar refractivity (Wildman–Crippen MR) is 82.8 cm³/mol. The van der Waals surface area contributed by atoms with E-state index in [2.05, 4.69) is 19.1 Å². The molecule has 0 fully saturated rings. The topological polar surface area (TPSA) is 54.4 Å². The minimum absolute atomic E-state index is 0.236. The molecule has 3 nitrogen and oxygen atoms in total. The number of Topliss-reactive ketones (excluding diaryl/α,β-unsaturated/α-hetero) is 1. The van der Waals surface area contributed by atoms with Crippen LogP contribution in [0.5, 0.6) is 0 Å². The zero-order valence-corrected chi connectivity index (χ0v) is 12.6. The highest BCUT2D eigenvalue weighted by atomic mass is 16.4. The summed E-state index contributed by atoms with van der Waals surface area (Å²) in [6.07, 6.45) is 16.3. The van der Waals surface area contributed by atoms with E-state index < -0.39 is 5.97 Å². The van der Waals surface area contributed by atoms with Crippen LogP contribution in [0.3, 0.4) is 0 Å². The maximum Gasteiger partial charge on any atom is 0.303 e. The van der Waals surface area contributed by atoms with Crippen LogP contribution in [0, 0.1) is 0 Å². The summed E-state index contributed by atoms with van der Waals surface area (Å²) in [6, 6.07) is 0. The first kappa shape index (κ1) is 18.6. The van der Waals surface area contributed by atoms with Crippen molar-refractivity contribution in [2.45, 2.75) is 71.1 Å². The van der Waals surface area contributed by atoms with Gasteiger partial charge in [-0.25, -0.2) is 0 Å². The van der Waals surface area contributed by atoms with E-state index in [0.29, 0.717) is 18.6 Å². The highest BCUT2D eigenvalue weighted by molar-refractivity contribution is 5.78. The molecule has 0 aromatic heterocycles. The Balaban J connectivity index is 3.41. The minimum Gasteiger partial charge on any atom is -0.481 e. The van der Waals surface area contributed by atoms with Crippen LogP contribution in [0.2, 0.25) is 0 Å². The van der Waals surface area contributed by atoms with Gasteiger partial charge < -0.3 is 5.11 Å². The number of allylic oxidation sites excluding steroid dienone is 4. The molecule has 0 aliphatic rings. The van der Waals surface area contributed by atoms with Gasteiger partial charge in [-0.2, -0.15) is 0 Å². The fourth-order valence-corrected chi connectivity index (χ4v) is 1.82. The molecule has 0 bridgehead atoms. The van der Waals surface area contributed by atoms with Gasteiger partial charge in [-0.3, -0.25) is 9.59 Å². The van der Waals surface area contributed by atoms with Crippen molar-refractivity contribution >= 4 is 11.8 Å². The number of hydrogen-bond donors (Lipinski definition) is 1. The predicted octanol–water partition coefficient (Wildman–Crippen LogP) is 4.67. The summed E-state index contributed by atoms with van der Waals surface area (Å²) in [5, 5.41) is 8.46. The molecule has 0 spiro atoms. The first-order chi connectivity index (χ1) is 9.66. The van der Waals surface area contributed by atoms with Gasteiger partial charge in [0.1, 0.15) is 5.78 Å². The van der Waals surface area contributed by atoms with Gasteiger partial charge in [0.05, 0.1) is 0 Å². The van der Waals surface area contributed by atoms with Gasteiger partial charge in [-0.15, -0.1) is 0 Å². The molecule has 0 radical (unpaired) electrons. The number of carbonyl (C=O) groups excluding carboxylic acids is 1. The van der Waals surface area contributed by atoms with Crippen molar-refractivity contribution in [1.29, 1.82) is 0 Å². The highest BCUT2D eigenvalue weighted by Crippen LogP contribution is 2.04. The molecule has 0 amide bonds. The number of aliphatic carboxylic acids is 1. The summed E-state index contributed by atoms with van der Waals surface area (Å²) in [5.74, 6) is -0.366. The Morgan fingerprint density at radius 2 is 1.55 bits per heavy atom. The molecule has 3 heteroatoms. The molecule has 0 saturated carbocycles. The minimum atomic E-state index is -0.734. The number of carboxylic acids is 1. The van der Waals surface area contributed by atoms with Gasteiger partial charge in [-0.05, 0) is 32.1 Å². The van der Waals surface area contributed by atoms with E-state index in [1.165, 1.54) is 0 Å². The Labute approximate surface area is 122 Å². The summed E-state index contributed by atoms with van der Waals surface area (Å²) >= 11 is 0. The number of hydrogen-bond acceptors (Lipinski definition) is 2. The van der Waals surface area contributed by atoms with Crippen molar-refractivity contribution in [2.75, 3.05) is 0 Å². The zero-order chi connectivity index (χ0) is 15.1. The lowest BCUT2D eigenvalue weighted by Gasteiger charge is -1.97. The van der Waals surface area contributed by atoms with Crippen molar-refractivity contribution in [2.24, 2.45) is 0 Å². The lowest BCUT2D eigenvalue weighted by Crippen LogP contribution is -1.96. The SMILES string of the molecule is CCCCCC(=O)CC/C=C/C/C=C\CCCC(=O)O. The lowest BCUT2D eigenvalue weighted by molar-refractivity contribution is -0.137. The van der Waals surface area contributed by atoms with Crippen molar-refractivity contribution in [3.63, 3.8) is 0 Å². The third kappa shape index (κ3) is 14.7. The van der Waals surface area contributed by atoms with Gasteiger partial charge >= 0.3 is 5.97 Å². The molecular weight excluding hydrogens is 252 g/mol. The van der Waals surface area contributed by atoms with Crippen molar-refractivity contribution in [3.05, 3.63) is 24.3 Å². The van der Waals surface area contributed by atoms with Crippen LogP contribution in [0.1, 0.15) is 71.1 Å². The van der Waals surface area contributed by atoms with E-state index in [4.69, 9.17) is 5.11 Å². The maximum absolute atomic E-state index is 11.5. The van der Waals surface area contributed by atoms with E-state index in [1.54, 1.807) is 0 Å². The van der Waals surface area contributed by atoms with Crippen molar-refractivity contribution in [1.82, 2.24) is 0 Å². The fourth-order valence-electron chi connectivity index (χ4n) is 1.82. The number of unbranched alkanes of at least 4 members (excludes halogenated alkanes) is 3. The molecule has 114 valence electrons. The average Bonchev–Trinajstić information content (AvgIpc) is 2.41. The highest BCUT2D eigenvalue weighted by Gasteiger charge is 1.99. The second kappa shape index (κ2) is 14.0. The number of ketones is 1. The van der Waals surface area contributed by atoms with Crippen LogP contribution < -0.4 is 0 Å². The number of rotatable bonds is 13. The lowest BCUT2D eigenvalue weighted by atomic mass is 10.1. The molecule has 1 N–H and O–H groups in total. The van der Waals surface area contributed by atoms with Gasteiger partial charge in [0.25, 0.3) is 0 Å². The van der Waals surface area contributed by atoms with Crippen LogP contribution in [0.25, 0.3) is 0 Å². The van der Waals surface area contributed by atoms with Gasteiger partial charge in [0.2, 0.25) is 0 Å². The van der Waals surface area contributed by atoms with E-state index in [-0.39, 0.29) is 6.42 Å². The molecule has 0 saturated heterocycles. The van der Waals surface area contributed by atoms with Gasteiger partial charge in [-0.1, -0.05) is 44.1 Å². The average molecular weight is 280 g/mol.